The number of aryl methyl sites for hydroxylation is 3. The second-order valence-electron chi connectivity index (χ2n) is 4.76. The van der Waals surface area contributed by atoms with Crippen LogP contribution in [0.4, 0.5) is 0 Å². The zero-order valence-corrected chi connectivity index (χ0v) is 12.5. The van der Waals surface area contributed by atoms with Crippen molar-refractivity contribution in [2.24, 2.45) is 7.05 Å². The van der Waals surface area contributed by atoms with Gasteiger partial charge in [0.2, 0.25) is 5.88 Å². The van der Waals surface area contributed by atoms with Gasteiger partial charge in [-0.25, -0.2) is 4.68 Å². The van der Waals surface area contributed by atoms with Gasteiger partial charge in [-0.1, -0.05) is 6.07 Å². The first-order valence-corrected chi connectivity index (χ1v) is 6.39. The third kappa shape index (κ3) is 2.36. The molecule has 0 spiro atoms. The monoisotopic (exact) mass is 276 g/mol. The summed E-state index contributed by atoms with van der Waals surface area (Å²) >= 11 is 0. The highest BCUT2D eigenvalue weighted by molar-refractivity contribution is 5.44. The molecule has 1 aromatic carbocycles. The molecule has 1 N–H and O–H groups in total. The summed E-state index contributed by atoms with van der Waals surface area (Å²) in [6.07, 6.45) is -0.774. The van der Waals surface area contributed by atoms with Crippen LogP contribution in [-0.2, 0) is 7.05 Å². The Hall–Kier alpha value is -2.01. The van der Waals surface area contributed by atoms with Gasteiger partial charge in [-0.3, -0.25) is 0 Å². The molecule has 1 aromatic heterocycles. The predicted octanol–water partition coefficient (Wildman–Crippen LogP) is 2.14. The second-order valence-corrected chi connectivity index (χ2v) is 4.76. The van der Waals surface area contributed by atoms with Crippen molar-refractivity contribution >= 4 is 0 Å². The van der Waals surface area contributed by atoms with E-state index in [2.05, 4.69) is 5.10 Å². The maximum Gasteiger partial charge on any atom is 0.217 e. The third-order valence-corrected chi connectivity index (χ3v) is 3.45. The molecule has 2 rings (SSSR count). The van der Waals surface area contributed by atoms with Crippen LogP contribution in [0.3, 0.4) is 0 Å². The maximum absolute atomic E-state index is 10.7. The van der Waals surface area contributed by atoms with Crippen LogP contribution in [-0.4, -0.2) is 29.1 Å². The zero-order valence-electron chi connectivity index (χ0n) is 12.5. The summed E-state index contributed by atoms with van der Waals surface area (Å²) in [6.45, 7) is 3.80. The molecular formula is C15H20N2O3. The van der Waals surface area contributed by atoms with Crippen molar-refractivity contribution in [1.29, 1.82) is 0 Å². The Morgan fingerprint density at radius 2 is 1.90 bits per heavy atom. The number of aliphatic hydroxyl groups is 1. The van der Waals surface area contributed by atoms with Gasteiger partial charge in [0.25, 0.3) is 0 Å². The summed E-state index contributed by atoms with van der Waals surface area (Å²) in [4.78, 5) is 0. The molecule has 1 atom stereocenters. The van der Waals surface area contributed by atoms with E-state index in [4.69, 9.17) is 9.47 Å². The molecule has 0 amide bonds. The first-order chi connectivity index (χ1) is 9.49. The highest BCUT2D eigenvalue weighted by Crippen LogP contribution is 2.34. The minimum absolute atomic E-state index is 0.574. The zero-order chi connectivity index (χ0) is 14.9. The van der Waals surface area contributed by atoms with Crippen LogP contribution in [0.2, 0.25) is 0 Å². The Bertz CT molecular complexity index is 620. The summed E-state index contributed by atoms with van der Waals surface area (Å²) in [5.74, 6) is 1.35. The molecule has 0 saturated heterocycles. The van der Waals surface area contributed by atoms with Gasteiger partial charge in [0.15, 0.2) is 0 Å². The molecule has 108 valence electrons. The minimum Gasteiger partial charge on any atom is -0.497 e. The summed E-state index contributed by atoms with van der Waals surface area (Å²) in [7, 11) is 5.00. The second kappa shape index (κ2) is 5.54. The highest BCUT2D eigenvalue weighted by Gasteiger charge is 2.24. The molecule has 0 radical (unpaired) electrons. The van der Waals surface area contributed by atoms with Gasteiger partial charge in [0, 0.05) is 7.05 Å². The molecule has 1 unspecified atom stereocenters. The molecule has 0 aliphatic rings. The summed E-state index contributed by atoms with van der Waals surface area (Å²) in [5, 5.41) is 15.0. The van der Waals surface area contributed by atoms with E-state index in [9.17, 15) is 5.11 Å². The summed E-state index contributed by atoms with van der Waals surface area (Å²) in [5.41, 5.74) is 3.23. The number of benzene rings is 1. The van der Waals surface area contributed by atoms with Crippen molar-refractivity contribution in [2.75, 3.05) is 14.2 Å². The van der Waals surface area contributed by atoms with Gasteiger partial charge in [0.05, 0.1) is 25.5 Å². The lowest BCUT2D eigenvalue weighted by molar-refractivity contribution is 0.212. The molecule has 0 bridgehead atoms. The number of methoxy groups -OCH3 is 2. The van der Waals surface area contributed by atoms with Crippen LogP contribution in [0, 0.1) is 13.8 Å². The average molecular weight is 276 g/mol. The van der Waals surface area contributed by atoms with Crippen LogP contribution >= 0.6 is 0 Å². The van der Waals surface area contributed by atoms with Crippen molar-refractivity contribution in [2.45, 2.75) is 20.0 Å². The smallest absolute Gasteiger partial charge is 0.217 e. The van der Waals surface area contributed by atoms with Crippen molar-refractivity contribution in [3.8, 4) is 11.6 Å². The van der Waals surface area contributed by atoms with Crippen LogP contribution in [0.1, 0.15) is 28.5 Å². The van der Waals surface area contributed by atoms with E-state index in [1.807, 2.05) is 32.0 Å². The molecule has 0 aliphatic heterocycles. The predicted molar refractivity (Wildman–Crippen MR) is 76.3 cm³/mol. The van der Waals surface area contributed by atoms with E-state index in [-0.39, 0.29) is 0 Å². The lowest BCUT2D eigenvalue weighted by Crippen LogP contribution is -2.05. The fourth-order valence-electron chi connectivity index (χ4n) is 2.45. The molecule has 5 nitrogen and oxygen atoms in total. The van der Waals surface area contributed by atoms with Gasteiger partial charge in [-0.05, 0) is 37.1 Å². The van der Waals surface area contributed by atoms with Crippen LogP contribution in [0.5, 0.6) is 11.6 Å². The molecule has 0 fully saturated rings. The van der Waals surface area contributed by atoms with E-state index in [0.29, 0.717) is 11.4 Å². The summed E-state index contributed by atoms with van der Waals surface area (Å²) < 4.78 is 12.2. The van der Waals surface area contributed by atoms with Crippen molar-refractivity contribution in [1.82, 2.24) is 9.78 Å². The molecule has 0 aliphatic carbocycles. The molecule has 0 saturated carbocycles. The first-order valence-electron chi connectivity index (χ1n) is 6.39. The van der Waals surface area contributed by atoms with Gasteiger partial charge in [0.1, 0.15) is 11.9 Å². The van der Waals surface area contributed by atoms with E-state index in [1.54, 1.807) is 25.9 Å². The number of aliphatic hydroxyl groups excluding tert-OH is 1. The van der Waals surface area contributed by atoms with Crippen LogP contribution < -0.4 is 9.47 Å². The van der Waals surface area contributed by atoms with Gasteiger partial charge >= 0.3 is 0 Å². The Morgan fingerprint density at radius 3 is 2.45 bits per heavy atom. The van der Waals surface area contributed by atoms with E-state index < -0.39 is 6.10 Å². The first kappa shape index (κ1) is 14.4. The number of aromatic nitrogens is 2. The maximum atomic E-state index is 10.7. The normalized spacial score (nSPS) is 12.3. The average Bonchev–Trinajstić information content (AvgIpc) is 2.71. The van der Waals surface area contributed by atoms with Crippen molar-refractivity contribution < 1.29 is 14.6 Å². The molecule has 1 heterocycles. The van der Waals surface area contributed by atoms with Crippen molar-refractivity contribution in [3.63, 3.8) is 0 Å². The fourth-order valence-corrected chi connectivity index (χ4v) is 2.45. The lowest BCUT2D eigenvalue weighted by atomic mass is 9.97. The van der Waals surface area contributed by atoms with Gasteiger partial charge in [-0.2, -0.15) is 5.10 Å². The summed E-state index contributed by atoms with van der Waals surface area (Å²) in [6, 6.07) is 5.60. The Labute approximate surface area is 118 Å². The Balaban J connectivity index is 2.49. The van der Waals surface area contributed by atoms with E-state index in [1.165, 1.54) is 0 Å². The SMILES string of the molecule is COc1ccc(C(O)c2c(C)nn(C)c2OC)c(C)c1. The quantitative estimate of drug-likeness (QED) is 0.929. The highest BCUT2D eigenvalue weighted by atomic mass is 16.5. The molecule has 20 heavy (non-hydrogen) atoms. The minimum atomic E-state index is -0.774. The van der Waals surface area contributed by atoms with Crippen LogP contribution in [0.25, 0.3) is 0 Å². The topological polar surface area (TPSA) is 56.5 Å². The third-order valence-electron chi connectivity index (χ3n) is 3.45. The van der Waals surface area contributed by atoms with Crippen LogP contribution in [0.15, 0.2) is 18.2 Å². The largest absolute Gasteiger partial charge is 0.497 e. The van der Waals surface area contributed by atoms with E-state index >= 15 is 0 Å². The number of rotatable bonds is 4. The molecule has 2 aromatic rings. The standard InChI is InChI=1S/C15H20N2O3/c1-9-8-11(19-4)6-7-12(9)14(18)13-10(2)16-17(3)15(13)20-5/h6-8,14,18H,1-5H3. The number of ether oxygens (including phenoxy) is 2. The Morgan fingerprint density at radius 1 is 1.20 bits per heavy atom. The van der Waals surface area contributed by atoms with Gasteiger partial charge < -0.3 is 14.6 Å². The fraction of sp³-hybridized carbons (Fsp3) is 0.400. The molecular weight excluding hydrogens is 256 g/mol. The van der Waals surface area contributed by atoms with Crippen molar-refractivity contribution in [3.05, 3.63) is 40.6 Å². The Kier molecular flexibility index (Phi) is 3.99. The number of nitrogens with zero attached hydrogens (tertiary/aromatic N) is 2. The lowest BCUT2D eigenvalue weighted by Gasteiger charge is -2.16. The number of hydrogen-bond donors (Lipinski definition) is 1. The number of hydrogen-bond acceptors (Lipinski definition) is 4. The van der Waals surface area contributed by atoms with E-state index in [0.717, 1.165) is 22.6 Å². The van der Waals surface area contributed by atoms with Gasteiger partial charge in [-0.15, -0.1) is 0 Å². The molecule has 5 heteroatoms.